The van der Waals surface area contributed by atoms with E-state index in [4.69, 9.17) is 0 Å². The number of amides is 2. The number of Topliss-reactive ketones (excluding diaryl/α,β-unsaturated/α-hetero) is 2. The molecule has 2 amide bonds. The summed E-state index contributed by atoms with van der Waals surface area (Å²) in [7, 11) is 0. The zero-order chi connectivity index (χ0) is 15.9. The molecule has 0 bridgehead atoms. The van der Waals surface area contributed by atoms with Crippen molar-refractivity contribution in [1.82, 2.24) is 10.2 Å². The van der Waals surface area contributed by atoms with Crippen molar-refractivity contribution in [3.05, 3.63) is 35.4 Å². The van der Waals surface area contributed by atoms with E-state index in [9.17, 15) is 19.2 Å². The number of hydrogen-bond donors (Lipinski definition) is 1. The maximum atomic E-state index is 13.2. The molecule has 3 fully saturated rings. The molecule has 4 aliphatic rings. The van der Waals surface area contributed by atoms with Crippen LogP contribution in [0.5, 0.6) is 0 Å². The number of carbonyl (C=O) groups excluding carboxylic acids is 4. The molecule has 1 aromatic carbocycles. The first-order valence-electron chi connectivity index (χ1n) is 7.88. The highest BCUT2D eigenvalue weighted by Crippen LogP contribution is 2.55. The van der Waals surface area contributed by atoms with Crippen LogP contribution >= 0.6 is 0 Å². The van der Waals surface area contributed by atoms with Gasteiger partial charge in [0.05, 0.1) is 11.8 Å². The Balaban J connectivity index is 1.79. The summed E-state index contributed by atoms with van der Waals surface area (Å²) in [6.45, 7) is 0.573. The third-order valence-electron chi connectivity index (χ3n) is 5.92. The molecule has 1 N–H and O–H groups in total. The summed E-state index contributed by atoms with van der Waals surface area (Å²) in [4.78, 5) is 53.0. The number of benzene rings is 1. The highest BCUT2D eigenvalue weighted by Gasteiger charge is 2.75. The standard InChI is InChI=1S/C17H14N2O4/c20-13-8-4-1-2-5-9(8)14(21)17(13)12-11(15(22)18-16(12)23)10-6-3-7-19(10)17/h1-2,4-5,10-12H,3,6-7H2,(H,18,22,23)/t10-,11+,12-/m0/s1. The fraction of sp³-hybridized carbons (Fsp3) is 0.412. The lowest BCUT2D eigenvalue weighted by Crippen LogP contribution is -2.59. The zero-order valence-electron chi connectivity index (χ0n) is 12.2. The van der Waals surface area contributed by atoms with Gasteiger partial charge in [0.25, 0.3) is 0 Å². The Hall–Kier alpha value is -2.34. The Kier molecular flexibility index (Phi) is 2.25. The van der Waals surface area contributed by atoms with Crippen molar-refractivity contribution in [3.63, 3.8) is 0 Å². The van der Waals surface area contributed by atoms with Gasteiger partial charge in [0, 0.05) is 17.2 Å². The molecule has 3 aliphatic heterocycles. The van der Waals surface area contributed by atoms with Gasteiger partial charge >= 0.3 is 0 Å². The molecular weight excluding hydrogens is 296 g/mol. The molecule has 6 nitrogen and oxygen atoms in total. The Bertz CT molecular complexity index is 780. The average molecular weight is 310 g/mol. The summed E-state index contributed by atoms with van der Waals surface area (Å²) >= 11 is 0. The van der Waals surface area contributed by atoms with E-state index in [0.29, 0.717) is 17.7 Å². The molecule has 116 valence electrons. The Morgan fingerprint density at radius 1 is 1.00 bits per heavy atom. The second kappa shape index (κ2) is 3.94. The van der Waals surface area contributed by atoms with Crippen LogP contribution < -0.4 is 5.32 Å². The molecule has 0 unspecified atom stereocenters. The molecule has 3 atom stereocenters. The van der Waals surface area contributed by atoms with Gasteiger partial charge in [-0.1, -0.05) is 24.3 Å². The summed E-state index contributed by atoms with van der Waals surface area (Å²) in [5.74, 6) is -2.95. The third kappa shape index (κ3) is 1.23. The van der Waals surface area contributed by atoms with E-state index in [2.05, 4.69) is 5.32 Å². The Morgan fingerprint density at radius 3 is 2.30 bits per heavy atom. The number of rotatable bonds is 0. The Labute approximate surface area is 131 Å². The number of carbonyl (C=O) groups is 4. The van der Waals surface area contributed by atoms with Crippen LogP contribution in [0.3, 0.4) is 0 Å². The predicted molar refractivity (Wildman–Crippen MR) is 77.7 cm³/mol. The number of imide groups is 1. The molecule has 0 aromatic heterocycles. The minimum absolute atomic E-state index is 0.200. The highest BCUT2D eigenvalue weighted by molar-refractivity contribution is 6.35. The second-order valence-electron chi connectivity index (χ2n) is 6.73. The third-order valence-corrected chi connectivity index (χ3v) is 5.92. The maximum Gasteiger partial charge on any atom is 0.233 e. The summed E-state index contributed by atoms with van der Waals surface area (Å²) in [5.41, 5.74) is -0.766. The maximum absolute atomic E-state index is 13.2. The van der Waals surface area contributed by atoms with Crippen LogP contribution in [0.1, 0.15) is 33.6 Å². The molecule has 3 heterocycles. The van der Waals surface area contributed by atoms with Crippen molar-refractivity contribution in [1.29, 1.82) is 0 Å². The van der Waals surface area contributed by atoms with Crippen LogP contribution in [0, 0.1) is 11.8 Å². The van der Waals surface area contributed by atoms with E-state index in [1.165, 1.54) is 0 Å². The normalized spacial score (nSPS) is 34.0. The summed E-state index contributed by atoms with van der Waals surface area (Å²) < 4.78 is 0. The van der Waals surface area contributed by atoms with Crippen molar-refractivity contribution in [2.75, 3.05) is 6.54 Å². The molecule has 1 aliphatic carbocycles. The molecule has 0 radical (unpaired) electrons. The summed E-state index contributed by atoms with van der Waals surface area (Å²) in [5, 5.41) is 2.34. The predicted octanol–water partition coefficient (Wildman–Crippen LogP) is 0.171. The van der Waals surface area contributed by atoms with E-state index in [-0.39, 0.29) is 23.5 Å². The van der Waals surface area contributed by atoms with Crippen molar-refractivity contribution >= 4 is 23.4 Å². The number of nitrogens with one attached hydrogen (secondary N) is 1. The molecule has 23 heavy (non-hydrogen) atoms. The first-order chi connectivity index (χ1) is 11.1. The van der Waals surface area contributed by atoms with Crippen LogP contribution in [0.15, 0.2) is 24.3 Å². The average Bonchev–Trinajstić information content (AvgIpc) is 3.22. The number of nitrogens with zero attached hydrogens (tertiary/aromatic N) is 1. The van der Waals surface area contributed by atoms with Crippen LogP contribution in [0.4, 0.5) is 0 Å². The van der Waals surface area contributed by atoms with Gasteiger partial charge in [-0.3, -0.25) is 29.4 Å². The first kappa shape index (κ1) is 13.1. The zero-order valence-corrected chi connectivity index (χ0v) is 12.2. The topological polar surface area (TPSA) is 83.6 Å². The largest absolute Gasteiger partial charge is 0.296 e. The Morgan fingerprint density at radius 2 is 1.65 bits per heavy atom. The summed E-state index contributed by atoms with van der Waals surface area (Å²) in [6, 6.07) is 6.51. The van der Waals surface area contributed by atoms with E-state index in [0.717, 1.165) is 12.8 Å². The smallest absolute Gasteiger partial charge is 0.233 e. The van der Waals surface area contributed by atoms with Gasteiger partial charge in [0.15, 0.2) is 17.1 Å². The van der Waals surface area contributed by atoms with Gasteiger partial charge in [-0.05, 0) is 19.4 Å². The molecule has 1 spiro atoms. The van der Waals surface area contributed by atoms with E-state index >= 15 is 0 Å². The van der Waals surface area contributed by atoms with Gasteiger partial charge < -0.3 is 0 Å². The second-order valence-corrected chi connectivity index (χ2v) is 6.73. The van der Waals surface area contributed by atoms with Crippen molar-refractivity contribution in [3.8, 4) is 0 Å². The molecule has 6 heteroatoms. The molecule has 0 saturated carbocycles. The molecule has 1 aromatic rings. The van der Waals surface area contributed by atoms with E-state index in [1.54, 1.807) is 24.3 Å². The van der Waals surface area contributed by atoms with Crippen molar-refractivity contribution in [2.45, 2.75) is 24.4 Å². The van der Waals surface area contributed by atoms with Crippen LogP contribution in [-0.2, 0) is 9.59 Å². The lowest BCUT2D eigenvalue weighted by molar-refractivity contribution is -0.127. The minimum Gasteiger partial charge on any atom is -0.296 e. The quantitative estimate of drug-likeness (QED) is 0.545. The van der Waals surface area contributed by atoms with E-state index < -0.39 is 23.3 Å². The lowest BCUT2D eigenvalue weighted by atomic mass is 9.76. The van der Waals surface area contributed by atoms with Gasteiger partial charge in [-0.25, -0.2) is 0 Å². The van der Waals surface area contributed by atoms with E-state index in [1.807, 2.05) is 4.90 Å². The lowest BCUT2D eigenvalue weighted by Gasteiger charge is -2.34. The van der Waals surface area contributed by atoms with Gasteiger partial charge in [-0.2, -0.15) is 0 Å². The molecule has 5 rings (SSSR count). The fourth-order valence-electron chi connectivity index (χ4n) is 5.16. The van der Waals surface area contributed by atoms with Crippen LogP contribution in [0.25, 0.3) is 0 Å². The number of ketones is 2. The number of hydrogen-bond acceptors (Lipinski definition) is 5. The molecule has 3 saturated heterocycles. The van der Waals surface area contributed by atoms with Gasteiger partial charge in [0.2, 0.25) is 11.8 Å². The summed E-state index contributed by atoms with van der Waals surface area (Å²) in [6.07, 6.45) is 1.56. The highest BCUT2D eigenvalue weighted by atomic mass is 16.2. The minimum atomic E-state index is -1.51. The van der Waals surface area contributed by atoms with Gasteiger partial charge in [-0.15, -0.1) is 0 Å². The van der Waals surface area contributed by atoms with Crippen LogP contribution in [-0.4, -0.2) is 46.4 Å². The van der Waals surface area contributed by atoms with Crippen molar-refractivity contribution in [2.24, 2.45) is 11.8 Å². The monoisotopic (exact) mass is 310 g/mol. The van der Waals surface area contributed by atoms with Gasteiger partial charge in [0.1, 0.15) is 0 Å². The molecular formula is C17H14N2O4. The van der Waals surface area contributed by atoms with Crippen LogP contribution in [0.2, 0.25) is 0 Å². The fourth-order valence-corrected chi connectivity index (χ4v) is 5.16. The first-order valence-corrected chi connectivity index (χ1v) is 7.88. The SMILES string of the molecule is O=C1NC(=O)[C@@H]2[C@H]1[C@@H]1CCCN1C21C(=O)c2ccccc2C1=O. The number of fused-ring (bicyclic) bond motifs is 6. The van der Waals surface area contributed by atoms with Crippen molar-refractivity contribution < 1.29 is 19.2 Å².